The van der Waals surface area contributed by atoms with Gasteiger partial charge in [0.1, 0.15) is 0 Å². The molecule has 0 aliphatic heterocycles. The van der Waals surface area contributed by atoms with Gasteiger partial charge in [-0.3, -0.25) is 4.79 Å². The van der Waals surface area contributed by atoms with E-state index >= 15 is 0 Å². The molecule has 1 saturated carbocycles. The van der Waals surface area contributed by atoms with E-state index < -0.39 is 11.6 Å². The molecule has 0 aromatic heterocycles. The van der Waals surface area contributed by atoms with Gasteiger partial charge >= 0.3 is 5.97 Å². The first kappa shape index (κ1) is 12.5. The van der Waals surface area contributed by atoms with Crippen LogP contribution in [-0.2, 0) is 4.79 Å². The van der Waals surface area contributed by atoms with Gasteiger partial charge in [0.2, 0.25) is 0 Å². The minimum Gasteiger partial charge on any atom is -0.480 e. The minimum atomic E-state index is -0.880. The van der Waals surface area contributed by atoms with Gasteiger partial charge in [-0.25, -0.2) is 0 Å². The summed E-state index contributed by atoms with van der Waals surface area (Å²) in [4.78, 5) is 10.3. The second kappa shape index (κ2) is 4.49. The highest BCUT2D eigenvalue weighted by Gasteiger charge is 2.36. The smallest absolute Gasteiger partial charge is 0.317 e. The standard InChI is InChI=1S/C11H21NO3/c1-10(2)3-5-11(15,6-4-10)8-12-7-9(13)14/h12,15H,3-8H2,1-2H3,(H,13,14). The van der Waals surface area contributed by atoms with Gasteiger partial charge in [-0.2, -0.15) is 0 Å². The van der Waals surface area contributed by atoms with Gasteiger partial charge in [-0.15, -0.1) is 0 Å². The largest absolute Gasteiger partial charge is 0.480 e. The molecule has 0 heterocycles. The van der Waals surface area contributed by atoms with E-state index in [1.54, 1.807) is 0 Å². The van der Waals surface area contributed by atoms with Crippen molar-refractivity contribution in [1.82, 2.24) is 5.32 Å². The third-order valence-corrected chi connectivity index (χ3v) is 3.26. The van der Waals surface area contributed by atoms with E-state index in [2.05, 4.69) is 19.2 Å². The number of hydrogen-bond donors (Lipinski definition) is 3. The predicted octanol–water partition coefficient (Wildman–Crippen LogP) is 0.992. The molecule has 4 heteroatoms. The summed E-state index contributed by atoms with van der Waals surface area (Å²) >= 11 is 0. The second-order valence-corrected chi connectivity index (χ2v) is 5.39. The SMILES string of the molecule is CC1(C)CCC(O)(CNCC(=O)O)CC1. The Balaban J connectivity index is 2.32. The quantitative estimate of drug-likeness (QED) is 0.654. The first-order valence-electron chi connectivity index (χ1n) is 5.48. The molecule has 0 atom stereocenters. The Morgan fingerprint density at radius 3 is 2.27 bits per heavy atom. The van der Waals surface area contributed by atoms with Gasteiger partial charge in [0.05, 0.1) is 12.1 Å². The van der Waals surface area contributed by atoms with Crippen molar-refractivity contribution in [2.75, 3.05) is 13.1 Å². The maximum atomic E-state index is 10.3. The Hall–Kier alpha value is -0.610. The lowest BCUT2D eigenvalue weighted by Gasteiger charge is -2.40. The summed E-state index contributed by atoms with van der Waals surface area (Å²) in [6.07, 6.45) is 3.51. The molecule has 1 aliphatic carbocycles. The molecule has 0 unspecified atom stereocenters. The van der Waals surface area contributed by atoms with E-state index in [1.807, 2.05) is 0 Å². The first-order chi connectivity index (χ1) is 6.83. The van der Waals surface area contributed by atoms with Crippen LogP contribution in [0.25, 0.3) is 0 Å². The molecule has 0 spiro atoms. The van der Waals surface area contributed by atoms with Crippen molar-refractivity contribution in [2.24, 2.45) is 5.41 Å². The highest BCUT2D eigenvalue weighted by atomic mass is 16.4. The van der Waals surface area contributed by atoms with Gasteiger partial charge < -0.3 is 15.5 Å². The zero-order valence-corrected chi connectivity index (χ0v) is 9.55. The molecule has 0 radical (unpaired) electrons. The van der Waals surface area contributed by atoms with E-state index in [0.29, 0.717) is 12.0 Å². The Morgan fingerprint density at radius 1 is 1.27 bits per heavy atom. The van der Waals surface area contributed by atoms with Gasteiger partial charge in [-0.1, -0.05) is 13.8 Å². The van der Waals surface area contributed by atoms with Crippen LogP contribution in [0, 0.1) is 5.41 Å². The van der Waals surface area contributed by atoms with E-state index in [0.717, 1.165) is 25.7 Å². The summed E-state index contributed by atoms with van der Waals surface area (Å²) in [5, 5.41) is 21.4. The number of hydrogen-bond acceptors (Lipinski definition) is 3. The first-order valence-corrected chi connectivity index (χ1v) is 5.48. The molecular formula is C11H21NO3. The van der Waals surface area contributed by atoms with E-state index in [9.17, 15) is 9.90 Å². The molecule has 88 valence electrons. The third-order valence-electron chi connectivity index (χ3n) is 3.26. The minimum absolute atomic E-state index is 0.0777. The predicted molar refractivity (Wildman–Crippen MR) is 57.7 cm³/mol. The molecule has 3 N–H and O–H groups in total. The summed E-state index contributed by atoms with van der Waals surface area (Å²) in [7, 11) is 0. The highest BCUT2D eigenvalue weighted by molar-refractivity contribution is 5.68. The Labute approximate surface area is 90.7 Å². The van der Waals surface area contributed by atoms with Crippen molar-refractivity contribution in [1.29, 1.82) is 0 Å². The molecule has 0 aromatic carbocycles. The summed E-state index contributed by atoms with van der Waals surface area (Å²) in [5.41, 5.74) is -0.385. The van der Waals surface area contributed by atoms with Crippen LogP contribution in [0.15, 0.2) is 0 Å². The van der Waals surface area contributed by atoms with E-state index in [1.165, 1.54) is 0 Å². The number of carboxylic acids is 1. The van der Waals surface area contributed by atoms with Crippen LogP contribution in [0.4, 0.5) is 0 Å². The maximum absolute atomic E-state index is 10.3. The molecule has 1 fully saturated rings. The van der Waals surface area contributed by atoms with Crippen LogP contribution < -0.4 is 5.32 Å². The van der Waals surface area contributed by atoms with Crippen LogP contribution in [-0.4, -0.2) is 34.9 Å². The van der Waals surface area contributed by atoms with Crippen LogP contribution in [0.3, 0.4) is 0 Å². The molecule has 1 aliphatic rings. The Bertz CT molecular complexity index is 228. The number of aliphatic carboxylic acids is 1. The van der Waals surface area contributed by atoms with Crippen molar-refractivity contribution in [2.45, 2.75) is 45.1 Å². The topological polar surface area (TPSA) is 69.6 Å². The normalized spacial score (nSPS) is 23.7. The Morgan fingerprint density at radius 2 is 1.80 bits per heavy atom. The fourth-order valence-corrected chi connectivity index (χ4v) is 1.97. The van der Waals surface area contributed by atoms with Gasteiger partial charge in [0.15, 0.2) is 0 Å². The number of rotatable bonds is 4. The van der Waals surface area contributed by atoms with Crippen molar-refractivity contribution >= 4 is 5.97 Å². The number of carbonyl (C=O) groups is 1. The molecular weight excluding hydrogens is 194 g/mol. The number of aliphatic hydroxyl groups is 1. The molecule has 0 saturated heterocycles. The lowest BCUT2D eigenvalue weighted by atomic mass is 9.71. The molecule has 0 aromatic rings. The van der Waals surface area contributed by atoms with Gasteiger partial charge in [0, 0.05) is 6.54 Å². The van der Waals surface area contributed by atoms with Gasteiger partial charge in [-0.05, 0) is 31.1 Å². The van der Waals surface area contributed by atoms with Gasteiger partial charge in [0.25, 0.3) is 0 Å². The lowest BCUT2D eigenvalue weighted by molar-refractivity contribution is -0.136. The van der Waals surface area contributed by atoms with Crippen LogP contribution in [0.2, 0.25) is 0 Å². The summed E-state index contributed by atoms with van der Waals surface area (Å²) in [6, 6.07) is 0. The van der Waals surface area contributed by atoms with Crippen molar-refractivity contribution in [3.8, 4) is 0 Å². The fourth-order valence-electron chi connectivity index (χ4n) is 1.97. The van der Waals surface area contributed by atoms with Crippen LogP contribution >= 0.6 is 0 Å². The molecule has 4 nitrogen and oxygen atoms in total. The van der Waals surface area contributed by atoms with Crippen LogP contribution in [0.5, 0.6) is 0 Å². The highest BCUT2D eigenvalue weighted by Crippen LogP contribution is 2.39. The average Bonchev–Trinajstić information content (AvgIpc) is 2.11. The number of nitrogens with one attached hydrogen (secondary N) is 1. The van der Waals surface area contributed by atoms with Crippen molar-refractivity contribution in [3.63, 3.8) is 0 Å². The monoisotopic (exact) mass is 215 g/mol. The number of carboxylic acid groups (broad SMARTS) is 1. The molecule has 1 rings (SSSR count). The van der Waals surface area contributed by atoms with Crippen molar-refractivity contribution < 1.29 is 15.0 Å². The molecule has 0 bridgehead atoms. The lowest BCUT2D eigenvalue weighted by Crippen LogP contribution is -2.46. The maximum Gasteiger partial charge on any atom is 0.317 e. The van der Waals surface area contributed by atoms with Crippen molar-refractivity contribution in [3.05, 3.63) is 0 Å². The Kier molecular flexibility index (Phi) is 3.73. The van der Waals surface area contributed by atoms with E-state index in [4.69, 9.17) is 5.11 Å². The zero-order valence-electron chi connectivity index (χ0n) is 9.55. The summed E-state index contributed by atoms with van der Waals surface area (Å²) < 4.78 is 0. The second-order valence-electron chi connectivity index (χ2n) is 5.39. The summed E-state index contributed by atoms with van der Waals surface area (Å²) in [6.45, 7) is 4.72. The third kappa shape index (κ3) is 4.18. The molecule has 0 amide bonds. The molecule has 15 heavy (non-hydrogen) atoms. The van der Waals surface area contributed by atoms with E-state index in [-0.39, 0.29) is 6.54 Å². The van der Waals surface area contributed by atoms with Crippen LogP contribution in [0.1, 0.15) is 39.5 Å². The summed E-state index contributed by atoms with van der Waals surface area (Å²) in [5.74, 6) is -0.880. The fraction of sp³-hybridized carbons (Fsp3) is 0.909. The zero-order chi connectivity index (χ0) is 11.5. The average molecular weight is 215 g/mol.